The maximum absolute atomic E-state index is 12.9. The second-order valence-electron chi connectivity index (χ2n) is 7.54. The van der Waals surface area contributed by atoms with Crippen molar-refractivity contribution in [1.29, 1.82) is 0 Å². The van der Waals surface area contributed by atoms with Gasteiger partial charge in [-0.3, -0.25) is 9.78 Å². The number of carbonyl (C=O) groups is 1. The van der Waals surface area contributed by atoms with E-state index in [-0.39, 0.29) is 11.9 Å². The summed E-state index contributed by atoms with van der Waals surface area (Å²) in [4.78, 5) is 23.7. The van der Waals surface area contributed by atoms with Gasteiger partial charge in [0.2, 0.25) is 0 Å². The number of nitrogens with zero attached hydrogens (tertiary/aromatic N) is 5. The van der Waals surface area contributed by atoms with E-state index in [2.05, 4.69) is 22.3 Å². The predicted octanol–water partition coefficient (Wildman–Crippen LogP) is 3.59. The van der Waals surface area contributed by atoms with Crippen molar-refractivity contribution in [2.24, 2.45) is 5.92 Å². The second kappa shape index (κ2) is 7.96. The van der Waals surface area contributed by atoms with Crippen LogP contribution in [0.3, 0.4) is 0 Å². The van der Waals surface area contributed by atoms with Gasteiger partial charge in [-0.2, -0.15) is 5.10 Å². The molecule has 0 radical (unpaired) electrons. The smallest absolute Gasteiger partial charge is 0.256 e. The highest BCUT2D eigenvalue weighted by molar-refractivity contribution is 6.00. The molecule has 28 heavy (non-hydrogen) atoms. The van der Waals surface area contributed by atoms with Crippen molar-refractivity contribution < 1.29 is 4.79 Å². The maximum Gasteiger partial charge on any atom is 0.256 e. The minimum Gasteiger partial charge on any atom is -0.349 e. The molecule has 1 aliphatic carbocycles. The summed E-state index contributed by atoms with van der Waals surface area (Å²) in [5.74, 6) is 1.18. The number of carbonyl (C=O) groups excluding carboxylic acids is 1. The molecular weight excluding hydrogens is 352 g/mol. The molecule has 3 aromatic heterocycles. The quantitative estimate of drug-likeness (QED) is 0.734. The largest absolute Gasteiger partial charge is 0.349 e. The fourth-order valence-electron chi connectivity index (χ4n) is 3.93. The van der Waals surface area contributed by atoms with Crippen LogP contribution in [0.25, 0.3) is 5.65 Å². The molecule has 7 heteroatoms. The number of aromatic nitrogens is 4. The molecule has 1 N–H and O–H groups in total. The van der Waals surface area contributed by atoms with Gasteiger partial charge in [-0.1, -0.05) is 19.3 Å². The predicted molar refractivity (Wildman–Crippen MR) is 109 cm³/mol. The lowest BCUT2D eigenvalue weighted by Crippen LogP contribution is -2.38. The standard InChI is InChI=1S/C21H26N6O/c1-15(16-7-4-3-5-8-16)24-21(28)18-14-23-27-12-10-19(25-20(18)27)26(2)17-9-6-11-22-13-17/h6,9-16H,3-5,7-8H2,1-2H3,(H,24,28)/t15-/m1/s1. The fraction of sp³-hybridized carbons (Fsp3) is 0.429. The van der Waals surface area contributed by atoms with Crippen LogP contribution in [0.2, 0.25) is 0 Å². The van der Waals surface area contributed by atoms with Crippen LogP contribution in [0.1, 0.15) is 49.4 Å². The zero-order valence-electron chi connectivity index (χ0n) is 16.4. The van der Waals surface area contributed by atoms with Gasteiger partial charge >= 0.3 is 0 Å². The molecule has 0 saturated heterocycles. The Balaban J connectivity index is 1.56. The number of amides is 1. The molecule has 4 rings (SSSR count). The first-order valence-electron chi connectivity index (χ1n) is 9.92. The van der Waals surface area contributed by atoms with Crippen molar-refractivity contribution >= 4 is 23.1 Å². The Morgan fingerprint density at radius 3 is 2.82 bits per heavy atom. The molecule has 1 aliphatic rings. The van der Waals surface area contributed by atoms with E-state index < -0.39 is 0 Å². The van der Waals surface area contributed by atoms with Crippen molar-refractivity contribution in [3.8, 4) is 0 Å². The van der Waals surface area contributed by atoms with E-state index in [0.717, 1.165) is 11.5 Å². The Labute approximate surface area is 164 Å². The van der Waals surface area contributed by atoms with Crippen molar-refractivity contribution in [1.82, 2.24) is 24.9 Å². The second-order valence-corrected chi connectivity index (χ2v) is 7.54. The first kappa shape index (κ1) is 18.4. The minimum absolute atomic E-state index is 0.109. The highest BCUT2D eigenvalue weighted by Gasteiger charge is 2.23. The van der Waals surface area contributed by atoms with E-state index in [1.165, 1.54) is 32.1 Å². The summed E-state index contributed by atoms with van der Waals surface area (Å²) in [5, 5.41) is 7.46. The molecule has 3 aromatic rings. The van der Waals surface area contributed by atoms with Crippen LogP contribution in [0.4, 0.5) is 11.5 Å². The van der Waals surface area contributed by atoms with Gasteiger partial charge < -0.3 is 10.2 Å². The Kier molecular flexibility index (Phi) is 5.23. The minimum atomic E-state index is -0.109. The SMILES string of the molecule is C[C@@H](NC(=O)c1cnn2ccc(N(C)c3cccnc3)nc12)C1CCCCC1. The van der Waals surface area contributed by atoms with Crippen molar-refractivity contribution in [2.45, 2.75) is 45.1 Å². The molecule has 1 saturated carbocycles. The summed E-state index contributed by atoms with van der Waals surface area (Å²) in [5.41, 5.74) is 1.99. The van der Waals surface area contributed by atoms with Crippen LogP contribution in [0.15, 0.2) is 43.0 Å². The van der Waals surface area contributed by atoms with E-state index >= 15 is 0 Å². The van der Waals surface area contributed by atoms with E-state index in [1.54, 1.807) is 23.1 Å². The summed E-state index contributed by atoms with van der Waals surface area (Å²) < 4.78 is 1.64. The summed E-state index contributed by atoms with van der Waals surface area (Å²) >= 11 is 0. The molecule has 146 valence electrons. The molecule has 1 fully saturated rings. The number of hydrogen-bond acceptors (Lipinski definition) is 5. The van der Waals surface area contributed by atoms with Crippen molar-refractivity contribution in [3.63, 3.8) is 0 Å². The Hall–Kier alpha value is -2.96. The Bertz CT molecular complexity index is 948. The third kappa shape index (κ3) is 3.69. The van der Waals surface area contributed by atoms with Gasteiger partial charge in [-0.05, 0) is 43.9 Å². The summed E-state index contributed by atoms with van der Waals surface area (Å²) in [7, 11) is 1.93. The van der Waals surface area contributed by atoms with Gasteiger partial charge in [-0.15, -0.1) is 0 Å². The zero-order chi connectivity index (χ0) is 19.5. The topological polar surface area (TPSA) is 75.4 Å². The summed E-state index contributed by atoms with van der Waals surface area (Å²) in [6, 6.07) is 5.88. The normalized spacial score (nSPS) is 16.1. The highest BCUT2D eigenvalue weighted by atomic mass is 16.1. The summed E-state index contributed by atoms with van der Waals surface area (Å²) in [6.45, 7) is 2.11. The number of fused-ring (bicyclic) bond motifs is 1. The molecular formula is C21H26N6O. The average molecular weight is 378 g/mol. The monoisotopic (exact) mass is 378 g/mol. The van der Waals surface area contributed by atoms with Crippen LogP contribution >= 0.6 is 0 Å². The first-order chi connectivity index (χ1) is 13.6. The van der Waals surface area contributed by atoms with E-state index in [1.807, 2.05) is 36.3 Å². The molecule has 0 spiro atoms. The van der Waals surface area contributed by atoms with Gasteiger partial charge in [0.1, 0.15) is 11.4 Å². The first-order valence-corrected chi connectivity index (χ1v) is 9.92. The zero-order valence-corrected chi connectivity index (χ0v) is 16.4. The molecule has 0 aliphatic heterocycles. The van der Waals surface area contributed by atoms with E-state index in [9.17, 15) is 4.79 Å². The van der Waals surface area contributed by atoms with Crippen molar-refractivity contribution in [3.05, 3.63) is 48.5 Å². The lowest BCUT2D eigenvalue weighted by molar-refractivity contribution is 0.0921. The number of nitrogens with one attached hydrogen (secondary N) is 1. The summed E-state index contributed by atoms with van der Waals surface area (Å²) in [6.07, 6.45) is 13.1. The van der Waals surface area contributed by atoms with Crippen LogP contribution < -0.4 is 10.2 Å². The fourth-order valence-corrected chi connectivity index (χ4v) is 3.93. The van der Waals surface area contributed by atoms with Crippen molar-refractivity contribution in [2.75, 3.05) is 11.9 Å². The number of pyridine rings is 1. The van der Waals surface area contributed by atoms with Crippen LogP contribution in [0, 0.1) is 5.92 Å². The maximum atomic E-state index is 12.9. The Morgan fingerprint density at radius 1 is 1.25 bits per heavy atom. The third-order valence-electron chi connectivity index (χ3n) is 5.69. The average Bonchev–Trinajstić information content (AvgIpc) is 3.18. The lowest BCUT2D eigenvalue weighted by Gasteiger charge is -2.28. The van der Waals surface area contributed by atoms with Gasteiger partial charge in [0.15, 0.2) is 5.65 Å². The molecule has 1 atom stereocenters. The lowest BCUT2D eigenvalue weighted by atomic mass is 9.84. The Morgan fingerprint density at radius 2 is 2.07 bits per heavy atom. The molecule has 0 aromatic carbocycles. The van der Waals surface area contributed by atoms with Crippen LogP contribution in [0.5, 0.6) is 0 Å². The molecule has 0 unspecified atom stereocenters. The molecule has 1 amide bonds. The number of hydrogen-bond donors (Lipinski definition) is 1. The van der Waals surface area contributed by atoms with E-state index in [4.69, 9.17) is 4.98 Å². The highest BCUT2D eigenvalue weighted by Crippen LogP contribution is 2.27. The van der Waals surface area contributed by atoms with Gasteiger partial charge in [0, 0.05) is 25.5 Å². The van der Waals surface area contributed by atoms with E-state index in [0.29, 0.717) is 17.1 Å². The van der Waals surface area contributed by atoms with Crippen LogP contribution in [-0.2, 0) is 0 Å². The molecule has 3 heterocycles. The molecule has 7 nitrogen and oxygen atoms in total. The number of rotatable bonds is 5. The van der Waals surface area contributed by atoms with Gasteiger partial charge in [0.05, 0.1) is 18.1 Å². The van der Waals surface area contributed by atoms with Gasteiger partial charge in [0.25, 0.3) is 5.91 Å². The third-order valence-corrected chi connectivity index (χ3v) is 5.69. The van der Waals surface area contributed by atoms with Crippen LogP contribution in [-0.4, -0.2) is 38.6 Å². The number of anilines is 2. The molecule has 0 bridgehead atoms. The van der Waals surface area contributed by atoms with Gasteiger partial charge in [-0.25, -0.2) is 9.50 Å².